The zero-order chi connectivity index (χ0) is 34.7. The van der Waals surface area contributed by atoms with Crippen molar-refractivity contribution in [3.8, 4) is 0 Å². The molecule has 46 heavy (non-hydrogen) atoms. The number of nitrogens with one attached hydrogen (secondary N) is 2. The quantitative estimate of drug-likeness (QED) is 0.0913. The normalized spacial score (nSPS) is 42.9. The highest BCUT2D eigenvalue weighted by Crippen LogP contribution is 2.35. The lowest BCUT2D eigenvalue weighted by Gasteiger charge is -2.48. The number of carboxylic acids is 1. The number of carbonyl (C=O) groups excluding carboxylic acids is 2. The van der Waals surface area contributed by atoms with Gasteiger partial charge in [0.05, 0.1) is 32.0 Å². The molecule has 21 heteroatoms. The SMILES string of the molecule is CC(=O)N[C@@H]1[C@@H](O)[C@H](O[C@@H]2O[C@H](CO[C@@]3(C(=O)O)C[C@H](O)[C@@H](NC(C)=O)[C@H]([C@H](O)[C@H](O)CO)O3)[C@H](O)[C@H](O)[C@H]2O)[C@@H](CO)O[C@@H]1O. The van der Waals surface area contributed by atoms with Crippen molar-refractivity contribution in [1.82, 2.24) is 10.6 Å². The fourth-order valence-corrected chi connectivity index (χ4v) is 5.46. The van der Waals surface area contributed by atoms with Gasteiger partial charge in [-0.2, -0.15) is 0 Å². The largest absolute Gasteiger partial charge is 0.477 e. The fraction of sp³-hybridized carbons (Fsp3) is 0.880. The van der Waals surface area contributed by atoms with Gasteiger partial charge >= 0.3 is 5.97 Å². The van der Waals surface area contributed by atoms with Crippen LogP contribution >= 0.6 is 0 Å². The summed E-state index contributed by atoms with van der Waals surface area (Å²) in [5.74, 6) is -6.12. The van der Waals surface area contributed by atoms with Crippen LogP contribution in [0.15, 0.2) is 0 Å². The number of amides is 2. The van der Waals surface area contributed by atoms with Gasteiger partial charge in [0.25, 0.3) is 5.79 Å². The Morgan fingerprint density at radius 1 is 0.870 bits per heavy atom. The molecule has 16 atom stereocenters. The monoisotopic (exact) mass is 674 g/mol. The first-order chi connectivity index (χ1) is 21.5. The average molecular weight is 675 g/mol. The Morgan fingerprint density at radius 3 is 2.02 bits per heavy atom. The number of ether oxygens (including phenoxy) is 5. The fourth-order valence-electron chi connectivity index (χ4n) is 5.46. The van der Waals surface area contributed by atoms with Crippen LogP contribution in [-0.2, 0) is 38.1 Å². The molecule has 3 aliphatic rings. The van der Waals surface area contributed by atoms with Gasteiger partial charge < -0.3 is 90.5 Å². The van der Waals surface area contributed by atoms with Crippen molar-refractivity contribution in [3.05, 3.63) is 0 Å². The van der Waals surface area contributed by atoms with Gasteiger partial charge in [0.15, 0.2) is 12.6 Å². The lowest BCUT2D eigenvalue weighted by molar-refractivity contribution is -0.358. The highest BCUT2D eigenvalue weighted by atomic mass is 16.8. The molecule has 2 amide bonds. The first-order valence-electron chi connectivity index (χ1n) is 14.2. The van der Waals surface area contributed by atoms with Crippen LogP contribution in [0.4, 0.5) is 0 Å². The van der Waals surface area contributed by atoms with Crippen LogP contribution in [-0.4, -0.2) is 191 Å². The van der Waals surface area contributed by atoms with Crippen molar-refractivity contribution in [2.45, 2.75) is 118 Å². The van der Waals surface area contributed by atoms with Gasteiger partial charge in [0.2, 0.25) is 11.8 Å². The van der Waals surface area contributed by atoms with Gasteiger partial charge in [-0.25, -0.2) is 4.79 Å². The van der Waals surface area contributed by atoms with Crippen LogP contribution < -0.4 is 10.6 Å². The topological polar surface area (TPSA) is 344 Å². The molecular formula is C25H42N2O19. The summed E-state index contributed by atoms with van der Waals surface area (Å²) in [5, 5.41) is 117. The van der Waals surface area contributed by atoms with E-state index in [0.717, 1.165) is 13.8 Å². The Labute approximate surface area is 260 Å². The molecule has 3 fully saturated rings. The highest BCUT2D eigenvalue weighted by Gasteiger charge is 2.57. The Bertz CT molecular complexity index is 1050. The molecule has 266 valence electrons. The maximum Gasteiger partial charge on any atom is 0.364 e. The molecule has 3 heterocycles. The van der Waals surface area contributed by atoms with E-state index in [1.54, 1.807) is 0 Å². The van der Waals surface area contributed by atoms with Crippen LogP contribution in [0.3, 0.4) is 0 Å². The second-order valence-electron chi connectivity index (χ2n) is 11.3. The van der Waals surface area contributed by atoms with Crippen LogP contribution in [0.1, 0.15) is 20.3 Å². The average Bonchev–Trinajstić information content (AvgIpc) is 2.99. The van der Waals surface area contributed by atoms with Crippen LogP contribution in [0.5, 0.6) is 0 Å². The third-order valence-electron chi connectivity index (χ3n) is 7.87. The van der Waals surface area contributed by atoms with E-state index >= 15 is 0 Å². The van der Waals surface area contributed by atoms with Crippen LogP contribution in [0, 0.1) is 0 Å². The van der Waals surface area contributed by atoms with E-state index in [9.17, 15) is 70.6 Å². The van der Waals surface area contributed by atoms with Gasteiger partial charge in [-0.3, -0.25) is 9.59 Å². The number of aliphatic carboxylic acids is 1. The molecule has 13 N–H and O–H groups in total. The molecule has 0 spiro atoms. The minimum Gasteiger partial charge on any atom is -0.477 e. The molecule has 3 rings (SSSR count). The summed E-state index contributed by atoms with van der Waals surface area (Å²) in [7, 11) is 0. The Kier molecular flexibility index (Phi) is 13.1. The molecule has 21 nitrogen and oxygen atoms in total. The Balaban J connectivity index is 1.83. The first-order valence-corrected chi connectivity index (χ1v) is 14.2. The Hall–Kier alpha value is -2.19. The zero-order valence-corrected chi connectivity index (χ0v) is 24.7. The number of rotatable bonds is 12. The van der Waals surface area contributed by atoms with Gasteiger partial charge in [0.1, 0.15) is 67.1 Å². The number of hydrogen-bond acceptors (Lipinski definition) is 18. The highest BCUT2D eigenvalue weighted by molar-refractivity contribution is 5.76. The van der Waals surface area contributed by atoms with E-state index in [0.29, 0.717) is 0 Å². The summed E-state index contributed by atoms with van der Waals surface area (Å²) in [5.41, 5.74) is 0. The summed E-state index contributed by atoms with van der Waals surface area (Å²) in [6.45, 7) is -0.695. The standard InChI is InChI=1S/C25H42N2O19/c1-7(30)26-13-9(32)3-25(24(40)41,46-21(13)15(34)10(33)4-28)42-6-12-16(35)18(37)19(38)23(44-12)45-20-11(5-29)43-22(39)14(17(20)36)27-8(2)31/h9-23,28-29,32-39H,3-6H2,1-2H3,(H,26,30)(H,27,31)(H,40,41)/t9-,10+,11+,12+,13+,14+,15+,16-,17+,18-,19+,20+,21+,22-,23-,25-/m0/s1. The third-order valence-corrected chi connectivity index (χ3v) is 7.87. The van der Waals surface area contributed by atoms with E-state index in [4.69, 9.17) is 23.7 Å². The summed E-state index contributed by atoms with van der Waals surface area (Å²) < 4.78 is 27.2. The molecule has 0 aliphatic carbocycles. The molecule has 0 saturated carbocycles. The lowest BCUT2D eigenvalue weighted by atomic mass is 9.88. The van der Waals surface area contributed by atoms with Gasteiger partial charge in [-0.05, 0) is 0 Å². The summed E-state index contributed by atoms with van der Waals surface area (Å²) in [4.78, 5) is 35.7. The van der Waals surface area contributed by atoms with Gasteiger partial charge in [-0.1, -0.05) is 0 Å². The number of carbonyl (C=O) groups is 3. The predicted octanol–water partition coefficient (Wildman–Crippen LogP) is -8.08. The number of hydrogen-bond donors (Lipinski definition) is 13. The molecule has 0 unspecified atom stereocenters. The summed E-state index contributed by atoms with van der Waals surface area (Å²) in [6, 6.07) is -2.96. The lowest BCUT2D eigenvalue weighted by Crippen LogP contribution is -2.69. The second-order valence-corrected chi connectivity index (χ2v) is 11.3. The van der Waals surface area contributed by atoms with E-state index in [2.05, 4.69) is 10.6 Å². The molecule has 0 aromatic heterocycles. The van der Waals surface area contributed by atoms with Crippen molar-refractivity contribution >= 4 is 17.8 Å². The number of aliphatic hydroxyl groups is 10. The maximum atomic E-state index is 12.4. The molecule has 0 bridgehead atoms. The van der Waals surface area contributed by atoms with Crippen molar-refractivity contribution in [2.24, 2.45) is 0 Å². The molecular weight excluding hydrogens is 632 g/mol. The number of aliphatic hydroxyl groups excluding tert-OH is 10. The van der Waals surface area contributed by atoms with Crippen LogP contribution in [0.2, 0.25) is 0 Å². The smallest absolute Gasteiger partial charge is 0.364 e. The molecule has 0 aromatic rings. The van der Waals surface area contributed by atoms with E-state index < -0.39 is 142 Å². The van der Waals surface area contributed by atoms with Gasteiger partial charge in [-0.15, -0.1) is 0 Å². The Morgan fingerprint density at radius 2 is 1.48 bits per heavy atom. The number of carboxylic acid groups (broad SMARTS) is 1. The summed E-state index contributed by atoms with van der Waals surface area (Å²) >= 11 is 0. The molecule has 3 saturated heterocycles. The minimum absolute atomic E-state index is 0.677. The molecule has 0 radical (unpaired) electrons. The molecule has 0 aromatic carbocycles. The summed E-state index contributed by atoms with van der Waals surface area (Å²) in [6.07, 6.45) is -24.9. The van der Waals surface area contributed by atoms with E-state index in [1.807, 2.05) is 0 Å². The first kappa shape index (κ1) is 38.3. The van der Waals surface area contributed by atoms with Crippen molar-refractivity contribution in [3.63, 3.8) is 0 Å². The van der Waals surface area contributed by atoms with Crippen molar-refractivity contribution in [2.75, 3.05) is 19.8 Å². The predicted molar refractivity (Wildman–Crippen MR) is 142 cm³/mol. The zero-order valence-electron chi connectivity index (χ0n) is 24.7. The third kappa shape index (κ3) is 8.26. The van der Waals surface area contributed by atoms with Crippen molar-refractivity contribution < 1.29 is 94.2 Å². The van der Waals surface area contributed by atoms with Crippen molar-refractivity contribution in [1.29, 1.82) is 0 Å². The van der Waals surface area contributed by atoms with E-state index in [-0.39, 0.29) is 0 Å². The molecule has 3 aliphatic heterocycles. The second kappa shape index (κ2) is 15.8. The van der Waals surface area contributed by atoms with Crippen LogP contribution in [0.25, 0.3) is 0 Å². The van der Waals surface area contributed by atoms with E-state index in [1.165, 1.54) is 0 Å². The minimum atomic E-state index is -2.84. The van der Waals surface area contributed by atoms with Gasteiger partial charge in [0, 0.05) is 20.3 Å². The maximum absolute atomic E-state index is 12.4.